The summed E-state index contributed by atoms with van der Waals surface area (Å²) in [5, 5.41) is 6.05. The highest BCUT2D eigenvalue weighted by atomic mass is 32.1. The van der Waals surface area contributed by atoms with Crippen LogP contribution in [0.1, 0.15) is 5.56 Å². The molecule has 0 spiro atoms. The maximum Gasteiger partial charge on any atom is 0.321 e. The monoisotopic (exact) mass is 398 g/mol. The molecule has 0 saturated carbocycles. The number of thiophene rings is 1. The number of nitrogens with one attached hydrogen (secondary N) is 1. The first-order chi connectivity index (χ1) is 13.5. The van der Waals surface area contributed by atoms with Gasteiger partial charge in [-0.25, -0.2) is 9.78 Å². The Hall–Kier alpha value is -3.07. The van der Waals surface area contributed by atoms with Gasteiger partial charge in [0.05, 0.1) is 12.5 Å². The number of methoxy groups -OCH3 is 1. The first-order valence-electron chi connectivity index (χ1n) is 9.01. The van der Waals surface area contributed by atoms with E-state index in [1.165, 1.54) is 0 Å². The summed E-state index contributed by atoms with van der Waals surface area (Å²) < 4.78 is 5.14. The van der Waals surface area contributed by atoms with Crippen molar-refractivity contribution in [2.45, 2.75) is 6.92 Å². The quantitative estimate of drug-likeness (QED) is 0.704. The Morgan fingerprint density at radius 1 is 1.18 bits per heavy atom. The Morgan fingerprint density at radius 2 is 1.89 bits per heavy atom. The number of hydrogen-bond acceptors (Lipinski definition) is 7. The number of amides is 2. The number of nitrogens with zero attached hydrogens (tertiary/aromatic N) is 4. The third kappa shape index (κ3) is 3.53. The van der Waals surface area contributed by atoms with Crippen LogP contribution >= 0.6 is 11.3 Å². The maximum atomic E-state index is 12.6. The van der Waals surface area contributed by atoms with Gasteiger partial charge >= 0.3 is 6.03 Å². The van der Waals surface area contributed by atoms with Gasteiger partial charge in [-0.1, -0.05) is 0 Å². The molecule has 4 rings (SSSR count). The molecule has 0 unspecified atom stereocenters. The van der Waals surface area contributed by atoms with Gasteiger partial charge in [0.15, 0.2) is 0 Å². The minimum atomic E-state index is -0.108. The lowest BCUT2D eigenvalue weighted by atomic mass is 10.2. The number of carbonyl (C=O) groups excluding carboxylic acids is 1. The topological polar surface area (TPSA) is 96.6 Å². The summed E-state index contributed by atoms with van der Waals surface area (Å²) in [5.74, 6) is 1.89. The fraction of sp³-hybridized carbons (Fsp3) is 0.316. The van der Waals surface area contributed by atoms with Crippen molar-refractivity contribution in [3.8, 4) is 5.75 Å². The largest absolute Gasteiger partial charge is 0.497 e. The molecule has 0 radical (unpaired) electrons. The summed E-state index contributed by atoms with van der Waals surface area (Å²) in [7, 11) is 1.61. The number of carbonyl (C=O) groups is 1. The van der Waals surface area contributed by atoms with Crippen molar-refractivity contribution >= 4 is 45.0 Å². The summed E-state index contributed by atoms with van der Waals surface area (Å²) in [6.45, 7) is 4.65. The van der Waals surface area contributed by atoms with Crippen LogP contribution in [0.25, 0.3) is 10.2 Å². The minimum Gasteiger partial charge on any atom is -0.497 e. The Labute approximate surface area is 166 Å². The number of aryl methyl sites for hydroxylation is 1. The smallest absolute Gasteiger partial charge is 0.321 e. The van der Waals surface area contributed by atoms with Crippen molar-refractivity contribution in [3.63, 3.8) is 0 Å². The van der Waals surface area contributed by atoms with Crippen molar-refractivity contribution in [1.82, 2.24) is 14.9 Å². The third-order valence-corrected chi connectivity index (χ3v) is 5.81. The summed E-state index contributed by atoms with van der Waals surface area (Å²) in [6, 6.07) is 7.19. The van der Waals surface area contributed by atoms with E-state index in [0.29, 0.717) is 26.2 Å². The Balaban J connectivity index is 1.43. The van der Waals surface area contributed by atoms with Crippen molar-refractivity contribution in [1.29, 1.82) is 0 Å². The average molecular weight is 398 g/mol. The molecule has 0 aliphatic carbocycles. The number of fused-ring (bicyclic) bond motifs is 1. The molecular weight excluding hydrogens is 376 g/mol. The molecule has 3 N–H and O–H groups in total. The van der Waals surface area contributed by atoms with Gasteiger partial charge in [0.1, 0.15) is 16.4 Å². The number of aromatic nitrogens is 2. The number of piperazine rings is 1. The molecule has 2 aromatic heterocycles. The zero-order chi connectivity index (χ0) is 19.7. The van der Waals surface area contributed by atoms with E-state index in [4.69, 9.17) is 10.5 Å². The van der Waals surface area contributed by atoms with E-state index in [2.05, 4.69) is 32.5 Å². The zero-order valence-electron chi connectivity index (χ0n) is 15.8. The molecule has 0 bridgehead atoms. The Kier molecular flexibility index (Phi) is 4.91. The lowest BCUT2D eigenvalue weighted by Gasteiger charge is -2.35. The van der Waals surface area contributed by atoms with Crippen LogP contribution in [0.3, 0.4) is 0 Å². The van der Waals surface area contributed by atoms with Crippen LogP contribution in [0.2, 0.25) is 0 Å². The van der Waals surface area contributed by atoms with E-state index >= 15 is 0 Å². The third-order valence-electron chi connectivity index (χ3n) is 4.82. The standard InChI is InChI=1S/C19H22N6O2S/c1-12-11-28-17-15(12)16(22-18(20)23-17)24-7-9-25(10-8-24)19(26)21-13-3-5-14(27-2)6-4-13/h3-6,11H,7-10H2,1-2H3,(H,21,26)(H2,20,22,23). The number of nitrogen functional groups attached to an aromatic ring is 1. The second-order valence-electron chi connectivity index (χ2n) is 6.64. The first kappa shape index (κ1) is 18.3. The summed E-state index contributed by atoms with van der Waals surface area (Å²) in [4.78, 5) is 26.3. The van der Waals surface area contributed by atoms with Crippen LogP contribution < -0.4 is 20.7 Å². The molecule has 146 valence electrons. The van der Waals surface area contributed by atoms with Crippen molar-refractivity contribution in [2.24, 2.45) is 0 Å². The first-order valence-corrected chi connectivity index (χ1v) is 9.89. The van der Waals surface area contributed by atoms with E-state index in [0.717, 1.165) is 33.0 Å². The van der Waals surface area contributed by atoms with E-state index in [1.807, 2.05) is 29.2 Å². The number of anilines is 3. The fourth-order valence-corrected chi connectivity index (χ4v) is 4.23. The molecule has 8 nitrogen and oxygen atoms in total. The molecule has 1 aromatic carbocycles. The molecule has 1 aliphatic rings. The lowest BCUT2D eigenvalue weighted by Crippen LogP contribution is -2.50. The van der Waals surface area contributed by atoms with E-state index in [9.17, 15) is 4.79 Å². The average Bonchev–Trinajstić information content (AvgIpc) is 3.08. The van der Waals surface area contributed by atoms with Crippen molar-refractivity contribution in [3.05, 3.63) is 35.2 Å². The molecule has 28 heavy (non-hydrogen) atoms. The summed E-state index contributed by atoms with van der Waals surface area (Å²) in [6.07, 6.45) is 0. The molecule has 1 aliphatic heterocycles. The SMILES string of the molecule is COc1ccc(NC(=O)N2CCN(c3nc(N)nc4scc(C)c34)CC2)cc1. The molecule has 2 amide bonds. The highest BCUT2D eigenvalue weighted by Crippen LogP contribution is 2.32. The Morgan fingerprint density at radius 3 is 2.57 bits per heavy atom. The van der Waals surface area contributed by atoms with E-state index in [1.54, 1.807) is 18.4 Å². The molecular formula is C19H22N6O2S. The van der Waals surface area contributed by atoms with E-state index in [-0.39, 0.29) is 12.0 Å². The zero-order valence-corrected chi connectivity index (χ0v) is 16.6. The minimum absolute atomic E-state index is 0.108. The predicted octanol–water partition coefficient (Wildman–Crippen LogP) is 2.94. The van der Waals surface area contributed by atoms with Crippen molar-refractivity contribution < 1.29 is 9.53 Å². The highest BCUT2D eigenvalue weighted by molar-refractivity contribution is 7.17. The molecule has 9 heteroatoms. The molecule has 1 fully saturated rings. The number of hydrogen-bond donors (Lipinski definition) is 2. The summed E-state index contributed by atoms with van der Waals surface area (Å²) in [5.41, 5.74) is 7.79. The second kappa shape index (κ2) is 7.51. The van der Waals surface area contributed by atoms with Gasteiger partial charge in [-0.2, -0.15) is 4.98 Å². The molecule has 3 aromatic rings. The van der Waals surface area contributed by atoms with E-state index < -0.39 is 0 Å². The normalized spacial score (nSPS) is 14.4. The van der Waals surface area contributed by atoms with Crippen LogP contribution in [0.15, 0.2) is 29.6 Å². The van der Waals surface area contributed by atoms with Gasteiger partial charge < -0.3 is 25.6 Å². The summed E-state index contributed by atoms with van der Waals surface area (Å²) >= 11 is 1.57. The molecule has 1 saturated heterocycles. The second-order valence-corrected chi connectivity index (χ2v) is 7.50. The molecule has 3 heterocycles. The number of rotatable bonds is 3. The van der Waals surface area contributed by atoms with Crippen molar-refractivity contribution in [2.75, 3.05) is 49.2 Å². The number of ether oxygens (including phenoxy) is 1. The fourth-order valence-electron chi connectivity index (χ4n) is 3.31. The Bertz CT molecular complexity index is 996. The van der Waals surface area contributed by atoms with Gasteiger partial charge in [-0.3, -0.25) is 0 Å². The van der Waals surface area contributed by atoms with Gasteiger partial charge in [0.2, 0.25) is 5.95 Å². The highest BCUT2D eigenvalue weighted by Gasteiger charge is 2.24. The molecule has 0 atom stereocenters. The lowest BCUT2D eigenvalue weighted by molar-refractivity contribution is 0.208. The van der Waals surface area contributed by atoms with Gasteiger partial charge in [0, 0.05) is 31.9 Å². The predicted molar refractivity (Wildman–Crippen MR) is 112 cm³/mol. The number of urea groups is 1. The maximum absolute atomic E-state index is 12.6. The van der Waals surface area contributed by atoms with Crippen LogP contribution in [-0.4, -0.2) is 54.2 Å². The number of benzene rings is 1. The van der Waals surface area contributed by atoms with Gasteiger partial charge in [-0.05, 0) is 42.1 Å². The van der Waals surface area contributed by atoms with Gasteiger partial charge in [0.25, 0.3) is 0 Å². The van der Waals surface area contributed by atoms with Crippen LogP contribution in [-0.2, 0) is 0 Å². The van der Waals surface area contributed by atoms with Crippen LogP contribution in [0, 0.1) is 6.92 Å². The van der Waals surface area contributed by atoms with Crippen LogP contribution in [0.4, 0.5) is 22.2 Å². The van der Waals surface area contributed by atoms with Crippen LogP contribution in [0.5, 0.6) is 5.75 Å². The number of nitrogens with two attached hydrogens (primary N) is 1. The van der Waals surface area contributed by atoms with Gasteiger partial charge in [-0.15, -0.1) is 11.3 Å².